The summed E-state index contributed by atoms with van der Waals surface area (Å²) in [7, 11) is 0. The Hall–Kier alpha value is -1.31. The Morgan fingerprint density at radius 2 is 1.78 bits per heavy atom. The van der Waals surface area contributed by atoms with Crippen LogP contribution in [0.3, 0.4) is 0 Å². The third kappa shape index (κ3) is 4.52. The molecule has 0 amide bonds. The number of unbranched alkanes of at least 4 members (excludes halogenated alkanes) is 1. The van der Waals surface area contributed by atoms with Gasteiger partial charge >= 0.3 is 5.97 Å². The van der Waals surface area contributed by atoms with Gasteiger partial charge in [0.2, 0.25) is 0 Å². The van der Waals surface area contributed by atoms with Crippen molar-refractivity contribution >= 4 is 5.97 Å². The van der Waals surface area contributed by atoms with Crippen LogP contribution in [0.25, 0.3) is 0 Å². The van der Waals surface area contributed by atoms with Crippen molar-refractivity contribution in [3.63, 3.8) is 0 Å². The van der Waals surface area contributed by atoms with Crippen molar-refractivity contribution in [1.82, 2.24) is 0 Å². The number of aryl methyl sites for hydroxylation is 1. The molecule has 1 aromatic rings. The summed E-state index contributed by atoms with van der Waals surface area (Å²) in [5, 5.41) is 8.56. The minimum atomic E-state index is -0.699. The minimum absolute atomic E-state index is 0.238. The van der Waals surface area contributed by atoms with Crippen molar-refractivity contribution in [2.24, 2.45) is 0 Å². The molecule has 0 radical (unpaired) electrons. The SMILES string of the molecule is CCC(C)(C)c1ccc(CCCCC(=O)O)cc1. The maximum Gasteiger partial charge on any atom is 0.303 e. The molecule has 0 spiro atoms. The van der Waals surface area contributed by atoms with E-state index < -0.39 is 5.97 Å². The molecule has 1 rings (SSSR count). The van der Waals surface area contributed by atoms with Gasteiger partial charge in [-0.1, -0.05) is 45.0 Å². The number of hydrogen-bond donors (Lipinski definition) is 1. The highest BCUT2D eigenvalue weighted by molar-refractivity contribution is 5.66. The first-order chi connectivity index (χ1) is 8.45. The number of carbonyl (C=O) groups is 1. The molecule has 2 nitrogen and oxygen atoms in total. The van der Waals surface area contributed by atoms with E-state index in [1.165, 1.54) is 11.1 Å². The highest BCUT2D eigenvalue weighted by atomic mass is 16.4. The lowest BCUT2D eigenvalue weighted by Gasteiger charge is -2.23. The number of benzene rings is 1. The van der Waals surface area contributed by atoms with E-state index in [-0.39, 0.29) is 11.8 Å². The molecule has 0 heterocycles. The quantitative estimate of drug-likeness (QED) is 0.735. The molecule has 0 aromatic heterocycles. The predicted octanol–water partition coefficient (Wildman–Crippen LogP) is 4.17. The van der Waals surface area contributed by atoms with Gasteiger partial charge in [-0.25, -0.2) is 0 Å². The predicted molar refractivity (Wildman–Crippen MR) is 74.9 cm³/mol. The van der Waals surface area contributed by atoms with Crippen LogP contribution in [0.1, 0.15) is 57.6 Å². The Morgan fingerprint density at radius 3 is 2.28 bits per heavy atom. The molecule has 0 fully saturated rings. The largest absolute Gasteiger partial charge is 0.481 e. The standard InChI is InChI=1S/C16H24O2/c1-4-16(2,3)14-11-9-13(10-12-14)7-5-6-8-15(17)18/h9-12H,4-8H2,1-3H3,(H,17,18). The number of aliphatic carboxylic acids is 1. The maximum absolute atomic E-state index is 10.4. The van der Waals surface area contributed by atoms with Crippen LogP contribution in [-0.4, -0.2) is 11.1 Å². The van der Waals surface area contributed by atoms with Crippen molar-refractivity contribution in [1.29, 1.82) is 0 Å². The monoisotopic (exact) mass is 248 g/mol. The minimum Gasteiger partial charge on any atom is -0.481 e. The van der Waals surface area contributed by atoms with Gasteiger partial charge < -0.3 is 5.11 Å². The molecule has 0 unspecified atom stereocenters. The van der Waals surface area contributed by atoms with E-state index in [0.29, 0.717) is 0 Å². The Bertz CT molecular complexity index is 377. The van der Waals surface area contributed by atoms with Crippen molar-refractivity contribution in [3.05, 3.63) is 35.4 Å². The molecule has 18 heavy (non-hydrogen) atoms. The van der Waals surface area contributed by atoms with Crippen molar-refractivity contribution < 1.29 is 9.90 Å². The van der Waals surface area contributed by atoms with Gasteiger partial charge in [-0.2, -0.15) is 0 Å². The topological polar surface area (TPSA) is 37.3 Å². The molecule has 0 saturated carbocycles. The lowest BCUT2D eigenvalue weighted by Crippen LogP contribution is -2.15. The fraction of sp³-hybridized carbons (Fsp3) is 0.562. The fourth-order valence-electron chi connectivity index (χ4n) is 1.93. The van der Waals surface area contributed by atoms with E-state index in [9.17, 15) is 4.79 Å². The van der Waals surface area contributed by atoms with E-state index >= 15 is 0 Å². The number of carboxylic acid groups (broad SMARTS) is 1. The number of rotatable bonds is 7. The van der Waals surface area contributed by atoms with Crippen molar-refractivity contribution in [3.8, 4) is 0 Å². The second-order valence-electron chi connectivity index (χ2n) is 5.54. The summed E-state index contributed by atoms with van der Waals surface area (Å²) in [6.45, 7) is 6.73. The third-order valence-corrected chi connectivity index (χ3v) is 3.73. The first kappa shape index (κ1) is 14.7. The summed E-state index contributed by atoms with van der Waals surface area (Å²) in [5.74, 6) is -0.699. The zero-order valence-corrected chi connectivity index (χ0v) is 11.7. The molecule has 0 bridgehead atoms. The van der Waals surface area contributed by atoms with Gasteiger partial charge in [-0.3, -0.25) is 4.79 Å². The molecule has 0 aliphatic heterocycles. The van der Waals surface area contributed by atoms with Crippen molar-refractivity contribution in [2.45, 2.75) is 58.3 Å². The van der Waals surface area contributed by atoms with Crippen molar-refractivity contribution in [2.75, 3.05) is 0 Å². The highest BCUT2D eigenvalue weighted by Gasteiger charge is 2.17. The molecule has 2 heteroatoms. The van der Waals surface area contributed by atoms with Gasteiger partial charge in [-0.05, 0) is 42.2 Å². The average molecular weight is 248 g/mol. The normalized spacial score (nSPS) is 11.5. The van der Waals surface area contributed by atoms with Crippen LogP contribution in [-0.2, 0) is 16.6 Å². The van der Waals surface area contributed by atoms with Crippen LogP contribution in [0.15, 0.2) is 24.3 Å². The summed E-state index contributed by atoms with van der Waals surface area (Å²) in [6.07, 6.45) is 4.09. The average Bonchev–Trinajstić information content (AvgIpc) is 2.35. The first-order valence-corrected chi connectivity index (χ1v) is 6.77. The van der Waals surface area contributed by atoms with Crippen LogP contribution in [0, 0.1) is 0 Å². The number of hydrogen-bond acceptors (Lipinski definition) is 1. The lowest BCUT2D eigenvalue weighted by molar-refractivity contribution is -0.137. The summed E-state index contributed by atoms with van der Waals surface area (Å²) in [4.78, 5) is 10.4. The maximum atomic E-state index is 10.4. The van der Waals surface area contributed by atoms with Gasteiger partial charge in [0.25, 0.3) is 0 Å². The molecule has 1 N–H and O–H groups in total. The number of carboxylic acids is 1. The smallest absolute Gasteiger partial charge is 0.303 e. The van der Waals surface area contributed by atoms with E-state index in [4.69, 9.17) is 5.11 Å². The molecular weight excluding hydrogens is 224 g/mol. The summed E-state index contributed by atoms with van der Waals surface area (Å²) in [6, 6.07) is 8.76. The van der Waals surface area contributed by atoms with Gasteiger partial charge in [0.1, 0.15) is 0 Å². The molecule has 0 saturated heterocycles. The second-order valence-corrected chi connectivity index (χ2v) is 5.54. The second kappa shape index (κ2) is 6.58. The van der Waals surface area contributed by atoms with E-state index in [1.54, 1.807) is 0 Å². The van der Waals surface area contributed by atoms with E-state index in [2.05, 4.69) is 45.0 Å². The summed E-state index contributed by atoms with van der Waals surface area (Å²) < 4.78 is 0. The molecule has 0 aliphatic carbocycles. The zero-order valence-electron chi connectivity index (χ0n) is 11.7. The fourth-order valence-corrected chi connectivity index (χ4v) is 1.93. The Balaban J connectivity index is 2.48. The summed E-state index contributed by atoms with van der Waals surface area (Å²) in [5.41, 5.74) is 2.91. The molecule has 0 aliphatic rings. The van der Waals surface area contributed by atoms with Gasteiger partial charge in [-0.15, -0.1) is 0 Å². The summed E-state index contributed by atoms with van der Waals surface area (Å²) >= 11 is 0. The Morgan fingerprint density at radius 1 is 1.17 bits per heavy atom. The molecule has 1 aromatic carbocycles. The van der Waals surface area contributed by atoms with E-state index in [1.807, 2.05) is 0 Å². The van der Waals surface area contributed by atoms with Crippen LogP contribution in [0.2, 0.25) is 0 Å². The van der Waals surface area contributed by atoms with E-state index in [0.717, 1.165) is 25.7 Å². The van der Waals surface area contributed by atoms with Gasteiger partial charge in [0, 0.05) is 6.42 Å². The molecule has 0 atom stereocenters. The highest BCUT2D eigenvalue weighted by Crippen LogP contribution is 2.26. The van der Waals surface area contributed by atoms with Crippen LogP contribution < -0.4 is 0 Å². The third-order valence-electron chi connectivity index (χ3n) is 3.73. The Labute approximate surface area is 110 Å². The van der Waals surface area contributed by atoms with Crippen LogP contribution in [0.4, 0.5) is 0 Å². The zero-order chi connectivity index (χ0) is 13.6. The van der Waals surface area contributed by atoms with Gasteiger partial charge in [0.15, 0.2) is 0 Å². The molecular formula is C16H24O2. The molecule has 100 valence electrons. The van der Waals surface area contributed by atoms with Gasteiger partial charge in [0.05, 0.1) is 0 Å². The lowest BCUT2D eigenvalue weighted by atomic mass is 9.82. The van der Waals surface area contributed by atoms with Crippen LogP contribution >= 0.6 is 0 Å². The van der Waals surface area contributed by atoms with Crippen LogP contribution in [0.5, 0.6) is 0 Å². The Kier molecular flexibility index (Phi) is 5.39. The first-order valence-electron chi connectivity index (χ1n) is 6.77.